The molecule has 0 fully saturated rings. The second-order valence-electron chi connectivity index (χ2n) is 25.8. The molecular weight excluding hydrogens is 1750 g/mol. The number of aromatic amines is 2. The minimum absolute atomic E-state index is 0.0520. The van der Waals surface area contributed by atoms with Crippen LogP contribution in [0.3, 0.4) is 0 Å². The summed E-state index contributed by atoms with van der Waals surface area (Å²) in [6, 6.07) is 9.36. The molecular formula is C74H67ClN26O29. The highest BCUT2D eigenvalue weighted by molar-refractivity contribution is 6.68. The molecule has 56 heteroatoms. The van der Waals surface area contributed by atoms with Gasteiger partial charge in [-0.1, -0.05) is 15.5 Å². The standard InChI is InChI=1S/C14H13N5O5.C12H10ClN3O5.C12H9N5O5.C12H13N5O5.C12H12N4O5.C12H10N4O4/c1-6-9(19(20)21)5-8-11(10(6)12-15-7(2)24-18-12)17-14(23-4)13(16-8)22-3;1-5-7(16(18)19)4-6-9(8(5)10(13)17)15-12(21-3)11(14-6)20-2;1-4-7(17(20)21)3-6-9(15-12(19)11(18)14-6)8(4)10-13-5(2)22-16-10;1-5-7(17(19)20)4-6-9(8(5)10(13)16-18)15-12(22-3)11(14-6)21-2;1-5-7(16(18)19)4-6-9(8(5)10(13)17)15-12(21-3)11(14-6)20-2;1-6-7(5-13)10-8(4-9(6)16(17)18)14-11(19-2)12(15-10)20-3/h5H,1-4H3;4H,1-3H3;3H,1-2H3,(H,14,18)(H,15,19);4,18H,1-3H3,(H2,13,16);4H,1-3H3,(H2,13,17);4H,1-3H3. The lowest BCUT2D eigenvalue weighted by Gasteiger charge is -2.11. The number of nitro groups is 6. The Labute approximate surface area is 728 Å². The molecule has 0 radical (unpaired) electrons. The van der Waals surface area contributed by atoms with E-state index in [2.05, 4.69) is 85.2 Å². The number of halogens is 1. The van der Waals surface area contributed by atoms with Crippen molar-refractivity contribution >= 4 is 129 Å². The van der Waals surface area contributed by atoms with Crippen molar-refractivity contribution in [1.29, 1.82) is 5.26 Å². The maximum atomic E-state index is 11.6. The fourth-order valence-corrected chi connectivity index (χ4v) is 12.7. The van der Waals surface area contributed by atoms with E-state index in [0.717, 1.165) is 0 Å². The second-order valence-corrected chi connectivity index (χ2v) is 26.1. The fraction of sp³-hybridized carbons (Fsp3) is 0.243. The number of nitrogens with one attached hydrogen (secondary N) is 2. The molecule has 0 saturated heterocycles. The lowest BCUT2D eigenvalue weighted by molar-refractivity contribution is -0.385. The molecule has 0 aliphatic rings. The van der Waals surface area contributed by atoms with E-state index in [4.69, 9.17) is 84.7 Å². The Morgan fingerprint density at radius 1 is 0.400 bits per heavy atom. The van der Waals surface area contributed by atoms with E-state index >= 15 is 0 Å². The SMILES string of the molecule is COc1nc2cc([N+](=O)[O-])c(C)c(-c3noc(C)n3)c2nc1OC.COc1nc2cc([N+](=O)[O-])c(C)c(/C(N)=N/O)c2nc1OC.COc1nc2cc([N+](=O)[O-])c(C)c(C#N)c2nc1OC.COc1nc2cc([N+](=O)[O-])c(C)c(C(=O)Cl)c2nc1OC.COc1nc2cc([N+](=O)[O-])c(C)c(C(N)=O)c2nc1OC.Cc1nc(-c2c(C)c([N+](=O)[O-])cc3[nH]c(=O)c(=O)[nH]c23)no1. The van der Waals surface area contributed by atoms with Crippen LogP contribution in [-0.2, 0) is 0 Å². The first-order chi connectivity index (χ1) is 61.6. The molecule has 0 unspecified atom stereocenters. The molecule has 1 amide bonds. The predicted molar refractivity (Wildman–Crippen MR) is 449 cm³/mol. The molecule has 8 heterocycles. The number of aromatic nitrogens is 16. The van der Waals surface area contributed by atoms with Crippen LogP contribution in [-0.4, -0.2) is 203 Å². The van der Waals surface area contributed by atoms with Gasteiger partial charge < -0.3 is 83.1 Å². The Balaban J connectivity index is 0.000000176. The summed E-state index contributed by atoms with van der Waals surface area (Å²) in [6.07, 6.45) is 0. The molecule has 0 atom stereocenters. The van der Waals surface area contributed by atoms with Crippen molar-refractivity contribution in [3.63, 3.8) is 0 Å². The summed E-state index contributed by atoms with van der Waals surface area (Å²) in [5.41, 5.74) is 12.1. The van der Waals surface area contributed by atoms with Gasteiger partial charge in [0.25, 0.3) is 104 Å². The highest BCUT2D eigenvalue weighted by Gasteiger charge is 2.32. The maximum absolute atomic E-state index is 11.6. The minimum Gasteiger partial charge on any atom is -0.477 e. The third kappa shape index (κ3) is 19.3. The van der Waals surface area contributed by atoms with Crippen LogP contribution in [0, 0.1) is 127 Å². The number of aryl methyl sites for hydroxylation is 2. The first-order valence-corrected chi connectivity index (χ1v) is 36.3. The summed E-state index contributed by atoms with van der Waals surface area (Å²) in [5.74, 6) is 0.590. The molecule has 0 spiro atoms. The number of H-pyrrole nitrogens is 2. The van der Waals surface area contributed by atoms with E-state index in [-0.39, 0.29) is 233 Å². The van der Waals surface area contributed by atoms with Crippen molar-refractivity contribution in [2.24, 2.45) is 16.6 Å². The molecule has 130 heavy (non-hydrogen) atoms. The molecule has 0 aliphatic carbocycles. The average Bonchev–Trinajstić information content (AvgIpc) is 1.74. The number of hydrogen-bond donors (Lipinski definition) is 5. The van der Waals surface area contributed by atoms with E-state index in [0.29, 0.717) is 22.5 Å². The smallest absolute Gasteiger partial charge is 0.314 e. The lowest BCUT2D eigenvalue weighted by atomic mass is 10.0. The number of benzene rings is 6. The fourth-order valence-electron chi connectivity index (χ4n) is 12.4. The van der Waals surface area contributed by atoms with Gasteiger partial charge in [-0.15, -0.1) is 0 Å². The van der Waals surface area contributed by atoms with Crippen molar-refractivity contribution < 1.29 is 101 Å². The zero-order valence-electron chi connectivity index (χ0n) is 70.7. The Kier molecular flexibility index (Phi) is 29.4. The van der Waals surface area contributed by atoms with Gasteiger partial charge in [0.1, 0.15) is 61.2 Å². The first-order valence-electron chi connectivity index (χ1n) is 35.9. The number of fused-ring (bicyclic) bond motifs is 6. The summed E-state index contributed by atoms with van der Waals surface area (Å²) in [6.45, 7) is 12.1. The minimum atomic E-state index is -0.902. The number of hydrogen-bond acceptors (Lipinski definition) is 45. The number of nitriles is 1. The monoisotopic (exact) mass is 1820 g/mol. The molecule has 7 N–H and O–H groups in total. The van der Waals surface area contributed by atoms with Gasteiger partial charge in [-0.25, -0.2) is 49.8 Å². The summed E-state index contributed by atoms with van der Waals surface area (Å²) in [5, 5.41) is 94.6. The van der Waals surface area contributed by atoms with Crippen molar-refractivity contribution in [2.75, 3.05) is 71.1 Å². The van der Waals surface area contributed by atoms with Crippen LogP contribution < -0.4 is 70.0 Å². The van der Waals surface area contributed by atoms with Crippen molar-refractivity contribution in [3.8, 4) is 87.6 Å². The molecule has 674 valence electrons. The number of ether oxygens (including phenoxy) is 10. The van der Waals surface area contributed by atoms with Crippen molar-refractivity contribution in [3.05, 3.63) is 185 Å². The van der Waals surface area contributed by atoms with Crippen LogP contribution in [0.25, 0.3) is 89.0 Å². The van der Waals surface area contributed by atoms with Gasteiger partial charge in [-0.05, 0) is 53.1 Å². The number of nitro benzene ring substituents is 6. The normalized spacial score (nSPS) is 10.7. The number of oxime groups is 1. The van der Waals surface area contributed by atoms with Crippen LogP contribution in [0.1, 0.15) is 77.0 Å². The molecule has 8 aromatic heterocycles. The van der Waals surface area contributed by atoms with Gasteiger partial charge in [-0.2, -0.15) is 15.2 Å². The zero-order chi connectivity index (χ0) is 96.2. The van der Waals surface area contributed by atoms with Crippen molar-refractivity contribution in [2.45, 2.75) is 55.4 Å². The van der Waals surface area contributed by atoms with Crippen LogP contribution in [0.15, 0.2) is 60.2 Å². The summed E-state index contributed by atoms with van der Waals surface area (Å²) in [4.78, 5) is 164. The van der Waals surface area contributed by atoms with Gasteiger partial charge in [0.2, 0.25) is 23.4 Å². The summed E-state index contributed by atoms with van der Waals surface area (Å²) in [7, 11) is 13.8. The number of nitrogens with zero attached hydrogens (tertiary/aromatic N) is 22. The van der Waals surface area contributed by atoms with Crippen LogP contribution in [0.4, 0.5) is 34.1 Å². The Morgan fingerprint density at radius 2 is 0.677 bits per heavy atom. The van der Waals surface area contributed by atoms with Crippen molar-refractivity contribution in [1.82, 2.24) is 80.1 Å². The molecule has 14 rings (SSSR count). The molecule has 55 nitrogen and oxygen atoms in total. The molecule has 0 saturated carbocycles. The third-order valence-electron chi connectivity index (χ3n) is 18.4. The van der Waals surface area contributed by atoms with E-state index in [1.807, 2.05) is 6.07 Å². The van der Waals surface area contributed by atoms with Gasteiger partial charge in [0, 0.05) is 83.6 Å². The Bertz CT molecular complexity index is 7090. The largest absolute Gasteiger partial charge is 0.477 e. The predicted octanol–water partition coefficient (Wildman–Crippen LogP) is 8.91. The molecule has 6 aromatic carbocycles. The average molecular weight is 1820 g/mol. The Hall–Kier alpha value is -18.2. The lowest BCUT2D eigenvalue weighted by Crippen LogP contribution is -2.29. The topological polar surface area (TPSA) is 766 Å². The number of methoxy groups -OCH3 is 10. The van der Waals surface area contributed by atoms with Gasteiger partial charge in [0.05, 0.1) is 145 Å². The third-order valence-corrected chi connectivity index (χ3v) is 18.6. The van der Waals surface area contributed by atoms with Crippen LogP contribution >= 0.6 is 11.6 Å². The van der Waals surface area contributed by atoms with Crippen LogP contribution in [0.2, 0.25) is 0 Å². The summed E-state index contributed by atoms with van der Waals surface area (Å²) >= 11 is 5.53. The maximum Gasteiger partial charge on any atom is 0.314 e. The number of carbonyl (C=O) groups excluding carboxylic acids is 2. The van der Waals surface area contributed by atoms with Gasteiger partial charge in [0.15, 0.2) is 5.84 Å². The number of nitrogens with two attached hydrogens (primary N) is 2. The van der Waals surface area contributed by atoms with Gasteiger partial charge >= 0.3 is 11.1 Å². The second kappa shape index (κ2) is 40.0. The highest BCUT2D eigenvalue weighted by Crippen LogP contribution is 2.42. The molecule has 0 aliphatic heterocycles. The summed E-state index contributed by atoms with van der Waals surface area (Å²) < 4.78 is 60.2. The number of amidine groups is 1. The van der Waals surface area contributed by atoms with Crippen LogP contribution in [0.5, 0.6) is 58.8 Å². The molecule has 0 bridgehead atoms. The molecule has 14 aromatic rings. The number of carbonyl (C=O) groups is 2. The first kappa shape index (κ1) is 95.7. The zero-order valence-corrected chi connectivity index (χ0v) is 71.5. The van der Waals surface area contributed by atoms with E-state index in [1.54, 1.807) is 20.8 Å². The quantitative estimate of drug-likeness (QED) is 0.00852. The number of amides is 1. The number of rotatable bonds is 21. The highest BCUT2D eigenvalue weighted by atomic mass is 35.5. The van der Waals surface area contributed by atoms with E-state index in [9.17, 15) is 85.1 Å². The van der Waals surface area contributed by atoms with E-state index in [1.165, 1.54) is 142 Å². The number of primary amides is 1. The Morgan fingerprint density at radius 3 is 1.01 bits per heavy atom. The van der Waals surface area contributed by atoms with Gasteiger partial charge in [-0.3, -0.25) is 79.9 Å². The van der Waals surface area contributed by atoms with E-state index < -0.39 is 51.8 Å².